The first-order chi connectivity index (χ1) is 6.20. The van der Waals surface area contributed by atoms with Gasteiger partial charge in [0.25, 0.3) is 0 Å². The summed E-state index contributed by atoms with van der Waals surface area (Å²) in [4.78, 5) is 4.20. The van der Waals surface area contributed by atoms with E-state index in [1.807, 2.05) is 6.07 Å². The number of H-pyrrole nitrogens is 1. The molecule has 0 aliphatic carbocycles. The molecule has 3 nitrogen and oxygen atoms in total. The van der Waals surface area contributed by atoms with Gasteiger partial charge in [0.05, 0.1) is 0 Å². The van der Waals surface area contributed by atoms with Gasteiger partial charge in [0, 0.05) is 17.3 Å². The average molecular weight is 175 g/mol. The van der Waals surface area contributed by atoms with Gasteiger partial charge >= 0.3 is 0 Å². The van der Waals surface area contributed by atoms with Crippen LogP contribution in [0.2, 0.25) is 0 Å². The quantitative estimate of drug-likeness (QED) is 0.723. The van der Waals surface area contributed by atoms with E-state index in [1.165, 1.54) is 16.6 Å². The van der Waals surface area contributed by atoms with Crippen molar-refractivity contribution in [3.63, 3.8) is 0 Å². The Kier molecular flexibility index (Phi) is 1.79. The topological polar surface area (TPSA) is 41.6 Å². The van der Waals surface area contributed by atoms with Crippen LogP contribution in [0.1, 0.15) is 31.0 Å². The third kappa shape index (κ3) is 1.20. The maximum absolute atomic E-state index is 4.20. The minimum atomic E-state index is 0.466. The van der Waals surface area contributed by atoms with E-state index in [0.29, 0.717) is 5.92 Å². The van der Waals surface area contributed by atoms with Crippen LogP contribution < -0.4 is 0 Å². The lowest BCUT2D eigenvalue weighted by Gasteiger charge is -2.02. The van der Waals surface area contributed by atoms with Gasteiger partial charge in [0.1, 0.15) is 0 Å². The molecule has 2 aromatic rings. The zero-order valence-electron chi connectivity index (χ0n) is 8.13. The van der Waals surface area contributed by atoms with Crippen LogP contribution in [-0.4, -0.2) is 15.2 Å². The van der Waals surface area contributed by atoms with Crippen molar-refractivity contribution in [1.82, 2.24) is 15.2 Å². The van der Waals surface area contributed by atoms with Crippen LogP contribution in [0, 0.1) is 6.92 Å². The Balaban J connectivity index is 2.79. The molecular formula is C10H13N3. The van der Waals surface area contributed by atoms with Gasteiger partial charge in [-0.3, -0.25) is 5.10 Å². The molecule has 0 atom stereocenters. The fourth-order valence-corrected chi connectivity index (χ4v) is 1.55. The first-order valence-electron chi connectivity index (χ1n) is 4.49. The van der Waals surface area contributed by atoms with Gasteiger partial charge in [0.15, 0.2) is 5.65 Å². The molecule has 13 heavy (non-hydrogen) atoms. The van der Waals surface area contributed by atoms with Crippen molar-refractivity contribution >= 4 is 11.0 Å². The molecule has 2 rings (SSSR count). The summed E-state index contributed by atoms with van der Waals surface area (Å²) >= 11 is 0. The maximum Gasteiger partial charge on any atom is 0.181 e. The van der Waals surface area contributed by atoms with Crippen LogP contribution in [0.25, 0.3) is 11.0 Å². The number of fused-ring (bicyclic) bond motifs is 1. The number of aryl methyl sites for hydroxylation is 1. The summed E-state index contributed by atoms with van der Waals surface area (Å²) in [7, 11) is 0. The Hall–Kier alpha value is -1.38. The Bertz CT molecular complexity index is 429. The minimum absolute atomic E-state index is 0.466. The summed E-state index contributed by atoms with van der Waals surface area (Å²) in [6, 6.07) is 2.02. The summed E-state index contributed by atoms with van der Waals surface area (Å²) in [6.45, 7) is 6.39. The minimum Gasteiger partial charge on any atom is -0.279 e. The fourth-order valence-electron chi connectivity index (χ4n) is 1.55. The lowest BCUT2D eigenvalue weighted by Crippen LogP contribution is -1.89. The van der Waals surface area contributed by atoms with Crippen molar-refractivity contribution in [2.75, 3.05) is 0 Å². The predicted octanol–water partition coefficient (Wildman–Crippen LogP) is 2.39. The van der Waals surface area contributed by atoms with E-state index in [4.69, 9.17) is 0 Å². The third-order valence-electron chi connectivity index (χ3n) is 2.27. The number of hydrogen-bond donors (Lipinski definition) is 1. The SMILES string of the molecule is Cc1ccnc2n[nH]c(C(C)C)c12. The molecule has 68 valence electrons. The number of aromatic amines is 1. The van der Waals surface area contributed by atoms with Crippen LogP contribution >= 0.6 is 0 Å². The number of rotatable bonds is 1. The molecule has 0 fully saturated rings. The lowest BCUT2D eigenvalue weighted by molar-refractivity contribution is 0.817. The van der Waals surface area contributed by atoms with Gasteiger partial charge in [-0.2, -0.15) is 5.10 Å². The van der Waals surface area contributed by atoms with Gasteiger partial charge in [-0.05, 0) is 24.5 Å². The summed E-state index contributed by atoms with van der Waals surface area (Å²) < 4.78 is 0. The first kappa shape index (κ1) is 8.23. The van der Waals surface area contributed by atoms with Crippen molar-refractivity contribution in [1.29, 1.82) is 0 Å². The van der Waals surface area contributed by atoms with Crippen LogP contribution in [-0.2, 0) is 0 Å². The molecule has 0 unspecified atom stereocenters. The summed E-state index contributed by atoms with van der Waals surface area (Å²) in [6.07, 6.45) is 1.79. The van der Waals surface area contributed by atoms with E-state index >= 15 is 0 Å². The van der Waals surface area contributed by atoms with E-state index in [1.54, 1.807) is 6.20 Å². The van der Waals surface area contributed by atoms with E-state index in [9.17, 15) is 0 Å². The lowest BCUT2D eigenvalue weighted by atomic mass is 10.0. The Morgan fingerprint density at radius 2 is 2.15 bits per heavy atom. The molecule has 0 amide bonds. The maximum atomic E-state index is 4.20. The molecule has 0 aromatic carbocycles. The molecule has 0 radical (unpaired) electrons. The smallest absolute Gasteiger partial charge is 0.181 e. The van der Waals surface area contributed by atoms with Gasteiger partial charge in [-0.25, -0.2) is 4.98 Å². The van der Waals surface area contributed by atoms with E-state index < -0.39 is 0 Å². The number of aromatic nitrogens is 3. The summed E-state index contributed by atoms with van der Waals surface area (Å²) in [5.41, 5.74) is 3.24. The highest BCUT2D eigenvalue weighted by atomic mass is 15.1. The van der Waals surface area contributed by atoms with Crippen molar-refractivity contribution < 1.29 is 0 Å². The number of nitrogens with one attached hydrogen (secondary N) is 1. The highest BCUT2D eigenvalue weighted by Crippen LogP contribution is 2.23. The van der Waals surface area contributed by atoms with Crippen molar-refractivity contribution in [2.45, 2.75) is 26.7 Å². The Labute approximate surface area is 77.2 Å². The fraction of sp³-hybridized carbons (Fsp3) is 0.400. The molecule has 0 aliphatic rings. The predicted molar refractivity (Wildman–Crippen MR) is 52.7 cm³/mol. The van der Waals surface area contributed by atoms with Crippen molar-refractivity contribution in [2.24, 2.45) is 0 Å². The zero-order chi connectivity index (χ0) is 9.42. The van der Waals surface area contributed by atoms with Crippen LogP contribution in [0.15, 0.2) is 12.3 Å². The molecule has 0 bridgehead atoms. The molecule has 1 N–H and O–H groups in total. The standard InChI is InChI=1S/C10H13N3/c1-6(2)9-8-7(3)4-5-11-10(8)13-12-9/h4-6H,1-3H3,(H,11,12,13). The van der Waals surface area contributed by atoms with E-state index in [-0.39, 0.29) is 0 Å². The van der Waals surface area contributed by atoms with Gasteiger partial charge in [-0.1, -0.05) is 13.8 Å². The van der Waals surface area contributed by atoms with E-state index in [2.05, 4.69) is 36.0 Å². The molecular weight excluding hydrogens is 162 g/mol. The van der Waals surface area contributed by atoms with E-state index in [0.717, 1.165) is 5.65 Å². The number of nitrogens with zero attached hydrogens (tertiary/aromatic N) is 2. The normalized spacial score (nSPS) is 11.4. The monoisotopic (exact) mass is 175 g/mol. The third-order valence-corrected chi connectivity index (χ3v) is 2.27. The van der Waals surface area contributed by atoms with Gasteiger partial charge in [0.2, 0.25) is 0 Å². The highest BCUT2D eigenvalue weighted by Gasteiger charge is 2.10. The highest BCUT2D eigenvalue weighted by molar-refractivity contribution is 5.81. The molecule has 0 saturated heterocycles. The van der Waals surface area contributed by atoms with Crippen molar-refractivity contribution in [3.8, 4) is 0 Å². The number of pyridine rings is 1. The molecule has 2 aromatic heterocycles. The second-order valence-corrected chi connectivity index (χ2v) is 3.62. The zero-order valence-corrected chi connectivity index (χ0v) is 8.13. The molecule has 0 aliphatic heterocycles. The second-order valence-electron chi connectivity index (χ2n) is 3.62. The van der Waals surface area contributed by atoms with Crippen LogP contribution in [0.5, 0.6) is 0 Å². The van der Waals surface area contributed by atoms with Gasteiger partial charge in [-0.15, -0.1) is 0 Å². The van der Waals surface area contributed by atoms with Crippen LogP contribution in [0.3, 0.4) is 0 Å². The Morgan fingerprint density at radius 1 is 1.38 bits per heavy atom. The van der Waals surface area contributed by atoms with Gasteiger partial charge < -0.3 is 0 Å². The summed E-state index contributed by atoms with van der Waals surface area (Å²) in [5.74, 6) is 0.466. The molecule has 3 heteroatoms. The second kappa shape index (κ2) is 2.83. The molecule has 0 saturated carbocycles. The average Bonchev–Trinajstić information content (AvgIpc) is 2.49. The molecule has 0 spiro atoms. The summed E-state index contributed by atoms with van der Waals surface area (Å²) in [5, 5.41) is 8.38. The van der Waals surface area contributed by atoms with Crippen molar-refractivity contribution in [3.05, 3.63) is 23.5 Å². The Morgan fingerprint density at radius 3 is 2.85 bits per heavy atom. The first-order valence-corrected chi connectivity index (χ1v) is 4.49. The van der Waals surface area contributed by atoms with Crippen LogP contribution in [0.4, 0.5) is 0 Å². The molecule has 2 heterocycles. The largest absolute Gasteiger partial charge is 0.279 e. The number of hydrogen-bond acceptors (Lipinski definition) is 2.